The number of hydrogen-bond donors (Lipinski definition) is 2. The molecule has 0 saturated carbocycles. The van der Waals surface area contributed by atoms with Gasteiger partial charge >= 0.3 is 7.12 Å². The van der Waals surface area contributed by atoms with E-state index in [1.807, 2.05) is 7.05 Å². The number of nitrogens with zero attached hydrogens (tertiary/aromatic N) is 2. The molecular weight excluding hydrogens is 258 g/mol. The lowest BCUT2D eigenvalue weighted by molar-refractivity contribution is 0.215. The van der Waals surface area contributed by atoms with Crippen LogP contribution in [0.3, 0.4) is 0 Å². The molecule has 0 aromatic heterocycles. The highest BCUT2D eigenvalue weighted by Crippen LogP contribution is 2.16. The van der Waals surface area contributed by atoms with Crippen LogP contribution < -0.4 is 5.46 Å². The highest BCUT2D eigenvalue weighted by atomic mass is 19.1. The van der Waals surface area contributed by atoms with E-state index in [9.17, 15) is 4.39 Å². The smallest absolute Gasteiger partial charge is 0.423 e. The molecule has 0 bridgehead atoms. The number of halogens is 1. The summed E-state index contributed by atoms with van der Waals surface area (Å²) >= 11 is 0. The van der Waals surface area contributed by atoms with Crippen molar-refractivity contribution in [2.24, 2.45) is 0 Å². The van der Waals surface area contributed by atoms with Crippen molar-refractivity contribution in [1.82, 2.24) is 9.80 Å². The Kier molecular flexibility index (Phi) is 5.15. The monoisotopic (exact) mass is 280 g/mol. The average Bonchev–Trinajstić information content (AvgIpc) is 2.74. The summed E-state index contributed by atoms with van der Waals surface area (Å²) in [6.07, 6.45) is 2.43. The summed E-state index contributed by atoms with van der Waals surface area (Å²) in [7, 11) is 2.51. The molecule has 2 rings (SSSR count). The molecule has 110 valence electrons. The van der Waals surface area contributed by atoms with Crippen LogP contribution in [0, 0.1) is 5.82 Å². The van der Waals surface area contributed by atoms with Gasteiger partial charge in [0, 0.05) is 19.1 Å². The van der Waals surface area contributed by atoms with Gasteiger partial charge in [0.25, 0.3) is 0 Å². The molecule has 1 aromatic carbocycles. The van der Waals surface area contributed by atoms with Crippen molar-refractivity contribution in [3.63, 3.8) is 0 Å². The average molecular weight is 280 g/mol. The maximum atomic E-state index is 13.5. The third-order valence-corrected chi connectivity index (χ3v) is 3.92. The maximum Gasteiger partial charge on any atom is 0.488 e. The minimum Gasteiger partial charge on any atom is -0.423 e. The van der Waals surface area contributed by atoms with Gasteiger partial charge < -0.3 is 19.8 Å². The zero-order chi connectivity index (χ0) is 14.7. The van der Waals surface area contributed by atoms with Gasteiger partial charge in [0.2, 0.25) is 0 Å². The normalized spacial score (nSPS) is 19.8. The van der Waals surface area contributed by atoms with Crippen molar-refractivity contribution in [2.75, 3.05) is 27.2 Å². The topological polar surface area (TPSA) is 46.9 Å². The van der Waals surface area contributed by atoms with Crippen molar-refractivity contribution in [3.05, 3.63) is 29.6 Å². The molecule has 0 spiro atoms. The van der Waals surface area contributed by atoms with E-state index in [2.05, 4.69) is 16.8 Å². The van der Waals surface area contributed by atoms with Crippen molar-refractivity contribution >= 4 is 12.6 Å². The van der Waals surface area contributed by atoms with Gasteiger partial charge in [0.1, 0.15) is 5.82 Å². The summed E-state index contributed by atoms with van der Waals surface area (Å²) in [5.41, 5.74) is 0.961. The second kappa shape index (κ2) is 6.67. The first kappa shape index (κ1) is 15.4. The molecule has 0 radical (unpaired) electrons. The first-order valence-corrected chi connectivity index (χ1v) is 7.00. The van der Waals surface area contributed by atoms with E-state index in [1.165, 1.54) is 18.9 Å². The lowest BCUT2D eigenvalue weighted by Crippen LogP contribution is -2.36. The largest absolute Gasteiger partial charge is 0.488 e. The number of likely N-dealkylation sites (tertiary alicyclic amines) is 1. The van der Waals surface area contributed by atoms with E-state index in [0.717, 1.165) is 24.7 Å². The molecule has 1 unspecified atom stereocenters. The van der Waals surface area contributed by atoms with Crippen LogP contribution in [0.5, 0.6) is 0 Å². The van der Waals surface area contributed by atoms with E-state index < -0.39 is 12.9 Å². The minimum atomic E-state index is -1.63. The molecule has 1 aliphatic rings. The first-order chi connectivity index (χ1) is 9.45. The second-order valence-electron chi connectivity index (χ2n) is 5.74. The van der Waals surface area contributed by atoms with Crippen molar-refractivity contribution < 1.29 is 14.4 Å². The van der Waals surface area contributed by atoms with Crippen LogP contribution in [0.1, 0.15) is 18.4 Å². The highest BCUT2D eigenvalue weighted by molar-refractivity contribution is 6.58. The summed E-state index contributed by atoms with van der Waals surface area (Å²) < 4.78 is 13.5. The van der Waals surface area contributed by atoms with Gasteiger partial charge in [-0.25, -0.2) is 4.39 Å². The zero-order valence-corrected chi connectivity index (χ0v) is 12.1. The molecule has 1 heterocycles. The summed E-state index contributed by atoms with van der Waals surface area (Å²) in [4.78, 5) is 4.50. The third-order valence-electron chi connectivity index (χ3n) is 3.92. The zero-order valence-electron chi connectivity index (χ0n) is 12.1. The fourth-order valence-corrected chi connectivity index (χ4v) is 2.86. The third kappa shape index (κ3) is 4.02. The van der Waals surface area contributed by atoms with Gasteiger partial charge in [-0.2, -0.15) is 0 Å². The van der Waals surface area contributed by atoms with Crippen molar-refractivity contribution in [1.29, 1.82) is 0 Å². The van der Waals surface area contributed by atoms with Crippen LogP contribution in [0.15, 0.2) is 18.2 Å². The summed E-state index contributed by atoms with van der Waals surface area (Å²) in [6, 6.07) is 4.79. The van der Waals surface area contributed by atoms with Crippen LogP contribution in [0.25, 0.3) is 0 Å². The van der Waals surface area contributed by atoms with Crippen LogP contribution in [-0.2, 0) is 6.54 Å². The van der Waals surface area contributed by atoms with Gasteiger partial charge in [-0.15, -0.1) is 0 Å². The van der Waals surface area contributed by atoms with Gasteiger partial charge in [-0.05, 0) is 56.6 Å². The van der Waals surface area contributed by atoms with Gasteiger partial charge in [-0.3, -0.25) is 0 Å². The lowest BCUT2D eigenvalue weighted by atomic mass is 9.79. The number of likely N-dealkylation sites (N-methyl/N-ethyl adjacent to an activating group) is 2. The number of rotatable bonds is 5. The Balaban J connectivity index is 1.98. The van der Waals surface area contributed by atoms with Crippen molar-refractivity contribution in [2.45, 2.75) is 25.4 Å². The fraction of sp³-hybridized carbons (Fsp3) is 0.571. The predicted octanol–water partition coefficient (Wildman–Crippen LogP) is 0.0315. The van der Waals surface area contributed by atoms with Crippen LogP contribution in [0.2, 0.25) is 0 Å². The number of benzene rings is 1. The molecule has 1 atom stereocenters. The molecule has 0 aliphatic carbocycles. The Hall–Kier alpha value is -0.945. The van der Waals surface area contributed by atoms with E-state index in [1.54, 1.807) is 6.07 Å². The maximum absolute atomic E-state index is 13.5. The predicted molar refractivity (Wildman–Crippen MR) is 78.2 cm³/mol. The fourth-order valence-electron chi connectivity index (χ4n) is 2.86. The Morgan fingerprint density at radius 3 is 2.75 bits per heavy atom. The molecule has 6 heteroatoms. The van der Waals surface area contributed by atoms with Crippen LogP contribution in [0.4, 0.5) is 4.39 Å². The van der Waals surface area contributed by atoms with Crippen LogP contribution in [-0.4, -0.2) is 60.2 Å². The molecule has 2 N–H and O–H groups in total. The standard InChI is InChI=1S/C14H22BFN2O2/c1-17(10-14-4-3-5-18(14)2)9-11-6-12(15(19)20)8-13(16)7-11/h6-8,14,19-20H,3-5,9-10H2,1-2H3. The summed E-state index contributed by atoms with van der Waals surface area (Å²) in [5, 5.41) is 18.3. The lowest BCUT2D eigenvalue weighted by Gasteiger charge is -2.26. The van der Waals surface area contributed by atoms with Gasteiger partial charge in [0.05, 0.1) is 0 Å². The minimum absolute atomic E-state index is 0.200. The second-order valence-corrected chi connectivity index (χ2v) is 5.74. The SMILES string of the molecule is CN(Cc1cc(F)cc(B(O)O)c1)CC1CCCN1C. The van der Waals surface area contributed by atoms with Gasteiger partial charge in [-0.1, -0.05) is 6.07 Å². The van der Waals surface area contributed by atoms with Crippen LogP contribution >= 0.6 is 0 Å². The Morgan fingerprint density at radius 1 is 1.40 bits per heavy atom. The Morgan fingerprint density at radius 2 is 2.15 bits per heavy atom. The summed E-state index contributed by atoms with van der Waals surface area (Å²) in [5.74, 6) is -0.433. The van der Waals surface area contributed by atoms with E-state index in [-0.39, 0.29) is 5.46 Å². The Bertz CT molecular complexity index is 459. The molecule has 1 aliphatic heterocycles. The first-order valence-electron chi connectivity index (χ1n) is 7.00. The molecule has 1 aromatic rings. The molecule has 20 heavy (non-hydrogen) atoms. The van der Waals surface area contributed by atoms with E-state index >= 15 is 0 Å². The molecular formula is C14H22BFN2O2. The van der Waals surface area contributed by atoms with E-state index in [4.69, 9.17) is 10.0 Å². The molecule has 0 amide bonds. The van der Waals surface area contributed by atoms with E-state index in [0.29, 0.717) is 12.6 Å². The van der Waals surface area contributed by atoms with Crippen molar-refractivity contribution in [3.8, 4) is 0 Å². The summed E-state index contributed by atoms with van der Waals surface area (Å²) in [6.45, 7) is 2.67. The molecule has 4 nitrogen and oxygen atoms in total. The Labute approximate surface area is 120 Å². The van der Waals surface area contributed by atoms with Gasteiger partial charge in [0.15, 0.2) is 0 Å². The quantitative estimate of drug-likeness (QED) is 0.747. The highest BCUT2D eigenvalue weighted by Gasteiger charge is 2.22. The molecule has 1 fully saturated rings. The molecule has 1 saturated heterocycles. The number of hydrogen-bond acceptors (Lipinski definition) is 4.